The van der Waals surface area contributed by atoms with Gasteiger partial charge in [0.1, 0.15) is 0 Å². The van der Waals surface area contributed by atoms with Gasteiger partial charge in [-0.3, -0.25) is 4.79 Å². The number of nitrogens with one attached hydrogen (secondary N) is 2. The summed E-state index contributed by atoms with van der Waals surface area (Å²) in [5.74, 6) is 0.900. The third kappa shape index (κ3) is 3.12. The van der Waals surface area contributed by atoms with Crippen LogP contribution in [0.2, 0.25) is 0 Å². The maximum absolute atomic E-state index is 11.6. The molecule has 15 heavy (non-hydrogen) atoms. The second kappa shape index (κ2) is 5.39. The fourth-order valence-corrected chi connectivity index (χ4v) is 2.47. The van der Waals surface area contributed by atoms with Gasteiger partial charge in [0.2, 0.25) is 0 Å². The third-order valence-electron chi connectivity index (χ3n) is 2.68. The molecule has 0 radical (unpaired) electrons. The molecule has 1 fully saturated rings. The Bertz CT molecular complexity index is 304. The van der Waals surface area contributed by atoms with Gasteiger partial charge in [-0.05, 0) is 43.4 Å². The number of rotatable bonds is 5. The minimum atomic E-state index is 0.205. The molecule has 1 saturated heterocycles. The average molecular weight is 224 g/mol. The summed E-state index contributed by atoms with van der Waals surface area (Å²) in [5, 5.41) is 8.49. The van der Waals surface area contributed by atoms with Crippen molar-refractivity contribution < 1.29 is 4.79 Å². The first-order valence-corrected chi connectivity index (χ1v) is 6.22. The molecule has 1 aliphatic heterocycles. The lowest BCUT2D eigenvalue weighted by molar-refractivity contribution is 0.0994. The van der Waals surface area contributed by atoms with Gasteiger partial charge in [0.15, 0.2) is 5.78 Å². The number of hydrogen-bond acceptors (Lipinski definition) is 4. The predicted octanol–water partition coefficient (Wildman–Crippen LogP) is 1.13. The summed E-state index contributed by atoms with van der Waals surface area (Å²) in [6.45, 7) is 3.62. The Morgan fingerprint density at radius 3 is 3.27 bits per heavy atom. The van der Waals surface area contributed by atoms with Crippen molar-refractivity contribution in [3.8, 4) is 0 Å². The highest BCUT2D eigenvalue weighted by molar-refractivity contribution is 7.12. The predicted molar refractivity (Wildman–Crippen MR) is 62.5 cm³/mol. The Labute approximate surface area is 93.9 Å². The van der Waals surface area contributed by atoms with E-state index in [0.29, 0.717) is 12.5 Å². The van der Waals surface area contributed by atoms with E-state index in [2.05, 4.69) is 10.6 Å². The molecule has 4 heteroatoms. The molecule has 0 aromatic carbocycles. The number of carbonyl (C=O) groups excluding carboxylic acids is 1. The van der Waals surface area contributed by atoms with E-state index in [1.807, 2.05) is 17.5 Å². The molecular weight excluding hydrogens is 208 g/mol. The zero-order chi connectivity index (χ0) is 10.5. The molecule has 1 aromatic rings. The molecule has 3 nitrogen and oxygen atoms in total. The van der Waals surface area contributed by atoms with E-state index >= 15 is 0 Å². The summed E-state index contributed by atoms with van der Waals surface area (Å²) in [6, 6.07) is 3.80. The Kier molecular flexibility index (Phi) is 3.88. The number of thiophene rings is 1. The smallest absolute Gasteiger partial charge is 0.186 e. The van der Waals surface area contributed by atoms with E-state index in [1.165, 1.54) is 17.8 Å². The van der Waals surface area contributed by atoms with Crippen LogP contribution in [0.4, 0.5) is 0 Å². The van der Waals surface area contributed by atoms with Gasteiger partial charge in [-0.25, -0.2) is 0 Å². The molecule has 2 N–H and O–H groups in total. The Hall–Kier alpha value is -0.710. The zero-order valence-electron chi connectivity index (χ0n) is 8.66. The van der Waals surface area contributed by atoms with Crippen LogP contribution >= 0.6 is 11.3 Å². The van der Waals surface area contributed by atoms with Gasteiger partial charge in [0.05, 0.1) is 11.4 Å². The highest BCUT2D eigenvalue weighted by atomic mass is 32.1. The summed E-state index contributed by atoms with van der Waals surface area (Å²) in [6.07, 6.45) is 1.22. The topological polar surface area (TPSA) is 41.1 Å². The van der Waals surface area contributed by atoms with Gasteiger partial charge in [0.25, 0.3) is 0 Å². The van der Waals surface area contributed by atoms with Gasteiger partial charge < -0.3 is 10.6 Å². The monoisotopic (exact) mass is 224 g/mol. The maximum atomic E-state index is 11.6. The highest BCUT2D eigenvalue weighted by Gasteiger charge is 2.14. The highest BCUT2D eigenvalue weighted by Crippen LogP contribution is 2.09. The molecule has 0 unspecified atom stereocenters. The Morgan fingerprint density at radius 2 is 2.60 bits per heavy atom. The van der Waals surface area contributed by atoms with Gasteiger partial charge in [-0.2, -0.15) is 0 Å². The molecule has 2 rings (SSSR count). The quantitative estimate of drug-likeness (QED) is 0.737. The van der Waals surface area contributed by atoms with Crippen molar-refractivity contribution in [2.75, 3.05) is 26.2 Å². The van der Waals surface area contributed by atoms with E-state index in [4.69, 9.17) is 0 Å². The Morgan fingerprint density at radius 1 is 1.67 bits per heavy atom. The molecule has 2 heterocycles. The number of hydrogen-bond donors (Lipinski definition) is 2. The molecule has 0 bridgehead atoms. The molecule has 82 valence electrons. The van der Waals surface area contributed by atoms with E-state index in [1.54, 1.807) is 0 Å². The van der Waals surface area contributed by atoms with Crippen LogP contribution in [0, 0.1) is 5.92 Å². The van der Waals surface area contributed by atoms with Gasteiger partial charge in [-0.15, -0.1) is 11.3 Å². The van der Waals surface area contributed by atoms with E-state index in [-0.39, 0.29) is 5.78 Å². The van der Waals surface area contributed by atoms with Crippen molar-refractivity contribution >= 4 is 17.1 Å². The maximum Gasteiger partial charge on any atom is 0.186 e. The van der Waals surface area contributed by atoms with E-state index < -0.39 is 0 Å². The second-order valence-corrected chi connectivity index (χ2v) is 4.84. The normalized spacial score (nSPS) is 20.7. The van der Waals surface area contributed by atoms with E-state index in [0.717, 1.165) is 24.5 Å². The lowest BCUT2D eigenvalue weighted by Gasteiger charge is -2.08. The van der Waals surface area contributed by atoms with Crippen LogP contribution in [0.5, 0.6) is 0 Å². The summed E-state index contributed by atoms with van der Waals surface area (Å²) >= 11 is 1.51. The van der Waals surface area contributed by atoms with Gasteiger partial charge in [0, 0.05) is 0 Å². The van der Waals surface area contributed by atoms with Crippen molar-refractivity contribution in [1.29, 1.82) is 0 Å². The van der Waals surface area contributed by atoms with Crippen LogP contribution in [-0.4, -0.2) is 32.0 Å². The molecular formula is C11H16N2OS. The first-order chi connectivity index (χ1) is 7.36. The van der Waals surface area contributed by atoms with Crippen molar-refractivity contribution in [2.45, 2.75) is 6.42 Å². The molecule has 0 aliphatic carbocycles. The Balaban J connectivity index is 1.67. The first kappa shape index (κ1) is 10.8. The van der Waals surface area contributed by atoms with Gasteiger partial charge >= 0.3 is 0 Å². The van der Waals surface area contributed by atoms with Crippen molar-refractivity contribution in [1.82, 2.24) is 10.6 Å². The molecule has 1 atom stereocenters. The van der Waals surface area contributed by atoms with Gasteiger partial charge in [-0.1, -0.05) is 6.07 Å². The van der Waals surface area contributed by atoms with Crippen LogP contribution in [-0.2, 0) is 0 Å². The van der Waals surface area contributed by atoms with Crippen LogP contribution in [0.1, 0.15) is 16.1 Å². The molecule has 0 amide bonds. The lowest BCUT2D eigenvalue weighted by Crippen LogP contribution is -2.29. The molecule has 1 aromatic heterocycles. The summed E-state index contributed by atoms with van der Waals surface area (Å²) < 4.78 is 0. The fraction of sp³-hybridized carbons (Fsp3) is 0.545. The van der Waals surface area contributed by atoms with Crippen LogP contribution in [0.3, 0.4) is 0 Å². The van der Waals surface area contributed by atoms with Crippen molar-refractivity contribution in [3.63, 3.8) is 0 Å². The lowest BCUT2D eigenvalue weighted by atomic mass is 10.1. The standard InChI is InChI=1S/C11H16N2OS/c14-10(11-2-1-5-15-11)8-13-7-9-3-4-12-6-9/h1-2,5,9,12-13H,3-4,6-8H2/t9-/m0/s1. The third-order valence-corrected chi connectivity index (χ3v) is 3.59. The van der Waals surface area contributed by atoms with Crippen LogP contribution in [0.15, 0.2) is 17.5 Å². The SMILES string of the molecule is O=C(CNC[C@H]1CCNC1)c1cccs1. The summed E-state index contributed by atoms with van der Waals surface area (Å²) in [7, 11) is 0. The van der Waals surface area contributed by atoms with Crippen LogP contribution in [0.25, 0.3) is 0 Å². The van der Waals surface area contributed by atoms with Crippen LogP contribution < -0.4 is 10.6 Å². The van der Waals surface area contributed by atoms with Crippen molar-refractivity contribution in [2.24, 2.45) is 5.92 Å². The molecule has 0 spiro atoms. The minimum absolute atomic E-state index is 0.205. The average Bonchev–Trinajstić information content (AvgIpc) is 2.90. The largest absolute Gasteiger partial charge is 0.316 e. The zero-order valence-corrected chi connectivity index (χ0v) is 9.48. The number of carbonyl (C=O) groups is 1. The molecule has 1 aliphatic rings. The van der Waals surface area contributed by atoms with E-state index in [9.17, 15) is 4.79 Å². The number of ketones is 1. The second-order valence-electron chi connectivity index (χ2n) is 3.89. The summed E-state index contributed by atoms with van der Waals surface area (Å²) in [5.41, 5.74) is 0. The number of Topliss-reactive ketones (excluding diaryl/α,β-unsaturated/α-hetero) is 1. The fourth-order valence-electron chi connectivity index (χ4n) is 1.80. The summed E-state index contributed by atoms with van der Waals surface area (Å²) in [4.78, 5) is 12.5. The first-order valence-electron chi connectivity index (χ1n) is 5.34. The minimum Gasteiger partial charge on any atom is -0.316 e. The van der Waals surface area contributed by atoms with Crippen molar-refractivity contribution in [3.05, 3.63) is 22.4 Å². The molecule has 0 saturated carbocycles.